The molecule has 41 heavy (non-hydrogen) atoms. The monoisotopic (exact) mass is 557 g/mol. The molecule has 0 spiro atoms. The van der Waals surface area contributed by atoms with Gasteiger partial charge in [-0.15, -0.1) is 0 Å². The summed E-state index contributed by atoms with van der Waals surface area (Å²) in [4.78, 5) is 44.8. The number of para-hydroxylation sites is 1. The molecule has 9 heteroatoms. The second kappa shape index (κ2) is 12.9. The van der Waals surface area contributed by atoms with Crippen LogP contribution in [-0.4, -0.2) is 67.9 Å². The molecule has 3 heterocycles. The molecule has 1 atom stereocenters. The van der Waals surface area contributed by atoms with Gasteiger partial charge >= 0.3 is 0 Å². The van der Waals surface area contributed by atoms with E-state index in [1.165, 1.54) is 17.5 Å². The van der Waals surface area contributed by atoms with E-state index in [0.29, 0.717) is 30.6 Å². The van der Waals surface area contributed by atoms with Crippen LogP contribution in [0.5, 0.6) is 0 Å². The van der Waals surface area contributed by atoms with Crippen LogP contribution in [0, 0.1) is 6.92 Å². The number of furan rings is 1. The van der Waals surface area contributed by atoms with Crippen molar-refractivity contribution in [1.29, 1.82) is 0 Å². The van der Waals surface area contributed by atoms with Crippen LogP contribution in [0.4, 0.5) is 17.1 Å². The molecule has 1 unspecified atom stereocenters. The number of nitrogens with zero attached hydrogens (tertiary/aromatic N) is 3. The lowest BCUT2D eigenvalue weighted by Gasteiger charge is -2.38. The highest BCUT2D eigenvalue weighted by Gasteiger charge is 2.27. The number of nitrogens with one attached hydrogen (secondary N) is 2. The van der Waals surface area contributed by atoms with Gasteiger partial charge in [-0.05, 0) is 68.1 Å². The quantitative estimate of drug-likeness (QED) is 0.376. The van der Waals surface area contributed by atoms with Crippen molar-refractivity contribution in [1.82, 2.24) is 10.2 Å². The Labute approximate surface area is 241 Å². The molecule has 0 radical (unpaired) electrons. The van der Waals surface area contributed by atoms with E-state index in [1.807, 2.05) is 17.0 Å². The Morgan fingerprint density at radius 3 is 2.34 bits per heavy atom. The van der Waals surface area contributed by atoms with Crippen LogP contribution in [0.15, 0.2) is 65.3 Å². The van der Waals surface area contributed by atoms with Crippen LogP contribution in [-0.2, 0) is 4.79 Å². The molecule has 0 bridgehead atoms. The summed E-state index contributed by atoms with van der Waals surface area (Å²) in [6.45, 7) is 8.71. The van der Waals surface area contributed by atoms with E-state index in [2.05, 4.69) is 58.5 Å². The third kappa shape index (κ3) is 6.56. The van der Waals surface area contributed by atoms with Crippen molar-refractivity contribution in [2.24, 2.45) is 0 Å². The van der Waals surface area contributed by atoms with Gasteiger partial charge < -0.3 is 29.8 Å². The highest BCUT2D eigenvalue weighted by atomic mass is 16.3. The van der Waals surface area contributed by atoms with Crippen molar-refractivity contribution >= 4 is 34.8 Å². The lowest BCUT2D eigenvalue weighted by Crippen LogP contribution is -2.47. The number of carbonyl (C=O) groups excluding carboxylic acids is 3. The van der Waals surface area contributed by atoms with Gasteiger partial charge in [-0.1, -0.05) is 25.1 Å². The van der Waals surface area contributed by atoms with Gasteiger partial charge in [0.05, 0.1) is 17.6 Å². The van der Waals surface area contributed by atoms with Gasteiger partial charge in [0.25, 0.3) is 11.8 Å². The van der Waals surface area contributed by atoms with E-state index in [1.54, 1.807) is 18.2 Å². The van der Waals surface area contributed by atoms with Gasteiger partial charge in [0.2, 0.25) is 5.91 Å². The van der Waals surface area contributed by atoms with Crippen LogP contribution >= 0.6 is 0 Å². The summed E-state index contributed by atoms with van der Waals surface area (Å²) >= 11 is 0. The molecule has 5 rings (SSSR count). The largest absolute Gasteiger partial charge is 0.459 e. The minimum Gasteiger partial charge on any atom is -0.459 e. The number of carbonyl (C=O) groups is 3. The highest BCUT2D eigenvalue weighted by molar-refractivity contribution is 6.05. The van der Waals surface area contributed by atoms with Gasteiger partial charge in [0.1, 0.15) is 0 Å². The molecule has 2 aliphatic rings. The summed E-state index contributed by atoms with van der Waals surface area (Å²) < 4.78 is 5.30. The van der Waals surface area contributed by atoms with Gasteiger partial charge in [0.15, 0.2) is 5.76 Å². The predicted octanol–water partition coefficient (Wildman–Crippen LogP) is 4.69. The summed E-state index contributed by atoms with van der Waals surface area (Å²) in [5.74, 6) is -0.168. The zero-order valence-corrected chi connectivity index (χ0v) is 23.9. The fraction of sp³-hybridized carbons (Fsp3) is 0.406. The Morgan fingerprint density at radius 1 is 0.927 bits per heavy atom. The van der Waals surface area contributed by atoms with Crippen molar-refractivity contribution in [2.75, 3.05) is 54.4 Å². The van der Waals surface area contributed by atoms with Gasteiger partial charge in [0, 0.05) is 63.0 Å². The van der Waals surface area contributed by atoms with Gasteiger partial charge in [-0.2, -0.15) is 0 Å². The Morgan fingerprint density at radius 2 is 1.68 bits per heavy atom. The molecule has 3 aromatic rings. The average Bonchev–Trinajstić information content (AvgIpc) is 3.68. The van der Waals surface area contributed by atoms with E-state index in [4.69, 9.17) is 4.42 Å². The fourth-order valence-corrected chi connectivity index (χ4v) is 5.84. The predicted molar refractivity (Wildman–Crippen MR) is 161 cm³/mol. The molecule has 216 valence electrons. The van der Waals surface area contributed by atoms with Crippen molar-refractivity contribution < 1.29 is 18.8 Å². The molecule has 9 nitrogen and oxygen atoms in total. The molecule has 0 aliphatic carbocycles. The lowest BCUT2D eigenvalue weighted by atomic mass is 10.1. The molecule has 1 aromatic heterocycles. The third-order valence-electron chi connectivity index (χ3n) is 8.11. The number of benzene rings is 2. The standard InChI is InChI=1S/C32H39N5O4/c1-3-25(37-16-6-11-30(37)38)14-15-33-31(39)24-12-13-28(26(22-24)34-32(40)29-10-7-21-41-29)36-19-17-35(18-20-36)27-9-5-4-8-23(27)2/h4-5,7-10,12-13,21-22,25H,3,6,11,14-20H2,1-2H3,(H,33,39)(H,34,40). The number of piperazine rings is 1. The molecule has 3 amide bonds. The summed E-state index contributed by atoms with van der Waals surface area (Å²) in [6, 6.07) is 17.3. The summed E-state index contributed by atoms with van der Waals surface area (Å²) in [5, 5.41) is 5.98. The number of hydrogen-bond acceptors (Lipinski definition) is 6. The van der Waals surface area contributed by atoms with Crippen LogP contribution in [0.1, 0.15) is 59.1 Å². The van der Waals surface area contributed by atoms with Gasteiger partial charge in [-0.3, -0.25) is 14.4 Å². The molecule has 2 fully saturated rings. The molecule has 0 saturated carbocycles. The molecular formula is C32H39N5O4. The zero-order chi connectivity index (χ0) is 28.8. The van der Waals surface area contributed by atoms with Crippen LogP contribution < -0.4 is 20.4 Å². The SMILES string of the molecule is CCC(CCNC(=O)c1ccc(N2CCN(c3ccccc3C)CC2)c(NC(=O)c2ccco2)c1)N1CCCC1=O. The summed E-state index contributed by atoms with van der Waals surface area (Å²) in [6.07, 6.45) is 4.55. The van der Waals surface area contributed by atoms with Crippen LogP contribution in [0.2, 0.25) is 0 Å². The molecule has 2 N–H and O–H groups in total. The zero-order valence-electron chi connectivity index (χ0n) is 23.9. The number of amides is 3. The minimum atomic E-state index is -0.367. The first-order valence-electron chi connectivity index (χ1n) is 14.6. The van der Waals surface area contributed by atoms with Crippen molar-refractivity contribution in [3.63, 3.8) is 0 Å². The number of hydrogen-bond donors (Lipinski definition) is 2. The van der Waals surface area contributed by atoms with E-state index in [9.17, 15) is 14.4 Å². The first kappa shape index (κ1) is 28.3. The minimum absolute atomic E-state index is 0.133. The van der Waals surface area contributed by atoms with E-state index in [0.717, 1.165) is 51.3 Å². The average molecular weight is 558 g/mol. The van der Waals surface area contributed by atoms with E-state index in [-0.39, 0.29) is 29.5 Å². The molecule has 2 saturated heterocycles. The van der Waals surface area contributed by atoms with E-state index < -0.39 is 0 Å². The third-order valence-corrected chi connectivity index (χ3v) is 8.11. The Hall–Kier alpha value is -4.27. The highest BCUT2D eigenvalue weighted by Crippen LogP contribution is 2.30. The Balaban J connectivity index is 1.28. The van der Waals surface area contributed by atoms with Crippen LogP contribution in [0.25, 0.3) is 0 Å². The van der Waals surface area contributed by atoms with Crippen molar-refractivity contribution in [3.8, 4) is 0 Å². The lowest BCUT2D eigenvalue weighted by molar-refractivity contribution is -0.129. The number of rotatable bonds is 10. The topological polar surface area (TPSA) is 98.1 Å². The summed E-state index contributed by atoms with van der Waals surface area (Å²) in [7, 11) is 0. The molecule has 2 aliphatic heterocycles. The normalized spacial score (nSPS) is 16.1. The maximum absolute atomic E-state index is 13.1. The maximum Gasteiger partial charge on any atom is 0.291 e. The Kier molecular flexibility index (Phi) is 8.91. The van der Waals surface area contributed by atoms with Crippen molar-refractivity contribution in [3.05, 3.63) is 77.7 Å². The second-order valence-electron chi connectivity index (χ2n) is 10.7. The first-order valence-corrected chi connectivity index (χ1v) is 14.6. The van der Waals surface area contributed by atoms with Crippen molar-refractivity contribution in [2.45, 2.75) is 45.6 Å². The Bertz CT molecular complexity index is 1360. The number of likely N-dealkylation sites (tertiary alicyclic amines) is 1. The molecular weight excluding hydrogens is 518 g/mol. The smallest absolute Gasteiger partial charge is 0.291 e. The number of aryl methyl sites for hydroxylation is 1. The van der Waals surface area contributed by atoms with E-state index >= 15 is 0 Å². The molecule has 2 aromatic carbocycles. The van der Waals surface area contributed by atoms with Gasteiger partial charge in [-0.25, -0.2) is 0 Å². The number of anilines is 3. The maximum atomic E-state index is 13.1. The second-order valence-corrected chi connectivity index (χ2v) is 10.7. The first-order chi connectivity index (χ1) is 19.9. The summed E-state index contributed by atoms with van der Waals surface area (Å²) in [5.41, 5.74) is 4.39. The fourth-order valence-electron chi connectivity index (χ4n) is 5.84. The van der Waals surface area contributed by atoms with Crippen LogP contribution in [0.3, 0.4) is 0 Å².